The van der Waals surface area contributed by atoms with Gasteiger partial charge in [-0.2, -0.15) is 5.26 Å². The zero-order valence-electron chi connectivity index (χ0n) is 9.77. The van der Waals surface area contributed by atoms with Crippen molar-refractivity contribution in [3.8, 4) is 6.07 Å². The zero-order chi connectivity index (χ0) is 12.7. The van der Waals surface area contributed by atoms with Crippen molar-refractivity contribution in [1.82, 2.24) is 0 Å². The minimum Gasteiger partial charge on any atom is -0.462 e. The Bertz CT molecular complexity index is 435. The lowest BCUT2D eigenvalue weighted by molar-refractivity contribution is 0.0525. The molecule has 4 nitrogen and oxygen atoms in total. The predicted octanol–water partition coefficient (Wildman–Crippen LogP) is 1.81. The van der Waals surface area contributed by atoms with Gasteiger partial charge in [-0.15, -0.1) is 0 Å². The van der Waals surface area contributed by atoms with E-state index in [1.165, 1.54) is 0 Å². The highest BCUT2D eigenvalue weighted by atomic mass is 16.5. The van der Waals surface area contributed by atoms with E-state index in [1.807, 2.05) is 6.07 Å². The summed E-state index contributed by atoms with van der Waals surface area (Å²) in [7, 11) is 0. The molecule has 0 bridgehead atoms. The molecule has 4 heteroatoms. The van der Waals surface area contributed by atoms with Gasteiger partial charge in [-0.05, 0) is 30.5 Å². The maximum absolute atomic E-state index is 11.7. The number of ether oxygens (including phenoxy) is 1. The molecular weight excluding hydrogens is 218 g/mol. The Balaban J connectivity index is 3.03. The molecule has 0 saturated heterocycles. The Labute approximate surface area is 100 Å². The maximum Gasteiger partial charge on any atom is 0.338 e. The number of aliphatic hydroxyl groups is 1. The summed E-state index contributed by atoms with van der Waals surface area (Å²) in [6.07, 6.45) is 0.862. The van der Waals surface area contributed by atoms with Crippen LogP contribution < -0.4 is 0 Å². The maximum atomic E-state index is 11.7. The van der Waals surface area contributed by atoms with Gasteiger partial charge in [0, 0.05) is 6.42 Å². The van der Waals surface area contributed by atoms with Gasteiger partial charge in [0.25, 0.3) is 0 Å². The van der Waals surface area contributed by atoms with Gasteiger partial charge in [-0.25, -0.2) is 4.79 Å². The summed E-state index contributed by atoms with van der Waals surface area (Å²) < 4.78 is 4.94. The number of hydrogen-bond donors (Lipinski definition) is 1. The molecule has 1 rings (SSSR count). The van der Waals surface area contributed by atoms with Gasteiger partial charge in [0.05, 0.1) is 24.8 Å². The van der Waals surface area contributed by atoms with E-state index in [0.717, 1.165) is 5.56 Å². The van der Waals surface area contributed by atoms with E-state index in [4.69, 9.17) is 15.1 Å². The summed E-state index contributed by atoms with van der Waals surface area (Å²) in [5.41, 5.74) is 1.88. The third-order valence-corrected chi connectivity index (χ3v) is 2.36. The molecule has 0 aliphatic carbocycles. The Morgan fingerprint density at radius 3 is 2.88 bits per heavy atom. The first kappa shape index (κ1) is 13.2. The second-order valence-corrected chi connectivity index (χ2v) is 3.53. The summed E-state index contributed by atoms with van der Waals surface area (Å²) in [6, 6.07) is 7.16. The molecule has 17 heavy (non-hydrogen) atoms. The number of aliphatic hydroxyl groups excluding tert-OH is 1. The Hall–Kier alpha value is -1.86. The lowest BCUT2D eigenvalue weighted by Crippen LogP contribution is -2.09. The Kier molecular flexibility index (Phi) is 5.18. The Morgan fingerprint density at radius 1 is 1.53 bits per heavy atom. The van der Waals surface area contributed by atoms with Crippen LogP contribution in [0.3, 0.4) is 0 Å². The first-order valence-corrected chi connectivity index (χ1v) is 5.49. The molecule has 0 heterocycles. The van der Waals surface area contributed by atoms with Crippen LogP contribution in [0.4, 0.5) is 0 Å². The van der Waals surface area contributed by atoms with E-state index in [-0.39, 0.29) is 6.61 Å². The molecule has 0 saturated carbocycles. The van der Waals surface area contributed by atoms with Crippen LogP contribution >= 0.6 is 0 Å². The van der Waals surface area contributed by atoms with Gasteiger partial charge in [-0.1, -0.05) is 12.1 Å². The molecule has 0 aromatic heterocycles. The molecule has 0 atom stereocenters. The van der Waals surface area contributed by atoms with Crippen LogP contribution in [0, 0.1) is 11.3 Å². The van der Waals surface area contributed by atoms with E-state index in [9.17, 15) is 4.79 Å². The van der Waals surface area contributed by atoms with Crippen molar-refractivity contribution >= 4 is 5.97 Å². The fourth-order valence-corrected chi connectivity index (χ4v) is 1.53. The fraction of sp³-hybridized carbons (Fsp3) is 0.385. The molecule has 0 fully saturated rings. The lowest BCUT2D eigenvalue weighted by Gasteiger charge is -2.09. The highest BCUT2D eigenvalue weighted by Gasteiger charge is 2.12. The molecule has 0 radical (unpaired) electrons. The van der Waals surface area contributed by atoms with E-state index < -0.39 is 5.97 Å². The highest BCUT2D eigenvalue weighted by Crippen LogP contribution is 2.15. The third-order valence-electron chi connectivity index (χ3n) is 2.36. The van der Waals surface area contributed by atoms with Crippen molar-refractivity contribution < 1.29 is 14.6 Å². The number of nitrogens with zero attached hydrogens (tertiary/aromatic N) is 1. The minimum atomic E-state index is -0.407. The summed E-state index contributed by atoms with van der Waals surface area (Å²) in [5, 5.41) is 17.6. The smallest absolute Gasteiger partial charge is 0.338 e. The number of rotatable bonds is 5. The zero-order valence-corrected chi connectivity index (χ0v) is 9.77. The SMILES string of the molecule is CCOC(=O)c1cc(CO)ccc1CCC#N. The van der Waals surface area contributed by atoms with Gasteiger partial charge in [0.2, 0.25) is 0 Å². The second-order valence-electron chi connectivity index (χ2n) is 3.53. The summed E-state index contributed by atoms with van der Waals surface area (Å²) >= 11 is 0. The molecular formula is C13H15NO3. The number of aryl methyl sites for hydroxylation is 1. The van der Waals surface area contributed by atoms with E-state index >= 15 is 0 Å². The van der Waals surface area contributed by atoms with Gasteiger partial charge >= 0.3 is 5.97 Å². The van der Waals surface area contributed by atoms with Gasteiger partial charge in [0.15, 0.2) is 0 Å². The first-order valence-electron chi connectivity index (χ1n) is 5.49. The van der Waals surface area contributed by atoms with E-state index in [1.54, 1.807) is 25.1 Å². The van der Waals surface area contributed by atoms with Crippen molar-refractivity contribution in [1.29, 1.82) is 5.26 Å². The van der Waals surface area contributed by atoms with Crippen LogP contribution in [0.2, 0.25) is 0 Å². The van der Waals surface area contributed by atoms with Crippen LogP contribution in [-0.4, -0.2) is 17.7 Å². The molecule has 1 aromatic carbocycles. The minimum absolute atomic E-state index is 0.120. The molecule has 90 valence electrons. The topological polar surface area (TPSA) is 70.3 Å². The van der Waals surface area contributed by atoms with Crippen molar-refractivity contribution in [2.24, 2.45) is 0 Å². The van der Waals surface area contributed by atoms with Crippen LogP contribution in [0.1, 0.15) is 34.8 Å². The summed E-state index contributed by atoms with van der Waals surface area (Å²) in [5.74, 6) is -0.407. The van der Waals surface area contributed by atoms with E-state index in [0.29, 0.717) is 30.6 Å². The predicted molar refractivity (Wildman–Crippen MR) is 62.3 cm³/mol. The lowest BCUT2D eigenvalue weighted by atomic mass is 10.0. The number of carbonyl (C=O) groups is 1. The van der Waals surface area contributed by atoms with Crippen LogP contribution in [0.15, 0.2) is 18.2 Å². The number of nitriles is 1. The average Bonchev–Trinajstić information content (AvgIpc) is 2.36. The number of carbonyl (C=O) groups excluding carboxylic acids is 1. The summed E-state index contributed by atoms with van der Waals surface area (Å²) in [4.78, 5) is 11.7. The highest BCUT2D eigenvalue weighted by molar-refractivity contribution is 5.91. The van der Waals surface area contributed by atoms with Crippen molar-refractivity contribution in [3.63, 3.8) is 0 Å². The molecule has 0 unspecified atom stereocenters. The monoisotopic (exact) mass is 233 g/mol. The molecule has 1 N–H and O–H groups in total. The first-order chi connectivity index (χ1) is 8.22. The quantitative estimate of drug-likeness (QED) is 0.787. The van der Waals surface area contributed by atoms with Crippen LogP contribution in [0.25, 0.3) is 0 Å². The van der Waals surface area contributed by atoms with Crippen molar-refractivity contribution in [3.05, 3.63) is 34.9 Å². The third kappa shape index (κ3) is 3.58. The van der Waals surface area contributed by atoms with E-state index in [2.05, 4.69) is 0 Å². The van der Waals surface area contributed by atoms with Crippen molar-refractivity contribution in [2.45, 2.75) is 26.4 Å². The largest absolute Gasteiger partial charge is 0.462 e. The van der Waals surface area contributed by atoms with Gasteiger partial charge < -0.3 is 9.84 Å². The number of esters is 1. The fourth-order valence-electron chi connectivity index (χ4n) is 1.53. The number of hydrogen-bond acceptors (Lipinski definition) is 4. The average molecular weight is 233 g/mol. The van der Waals surface area contributed by atoms with Crippen LogP contribution in [-0.2, 0) is 17.8 Å². The van der Waals surface area contributed by atoms with Gasteiger partial charge in [0.1, 0.15) is 0 Å². The molecule has 0 aliphatic heterocycles. The normalized spacial score (nSPS) is 9.71. The molecule has 0 amide bonds. The second kappa shape index (κ2) is 6.66. The molecule has 0 spiro atoms. The van der Waals surface area contributed by atoms with Gasteiger partial charge in [-0.3, -0.25) is 0 Å². The summed E-state index contributed by atoms with van der Waals surface area (Å²) in [6.45, 7) is 1.92. The molecule has 1 aromatic rings. The molecule has 0 aliphatic rings. The van der Waals surface area contributed by atoms with Crippen LogP contribution in [0.5, 0.6) is 0 Å². The van der Waals surface area contributed by atoms with Crippen molar-refractivity contribution in [2.75, 3.05) is 6.61 Å². The Morgan fingerprint density at radius 2 is 2.29 bits per heavy atom. The standard InChI is InChI=1S/C13H15NO3/c1-2-17-13(16)12-8-10(9-15)5-6-11(12)4-3-7-14/h5-6,8,15H,2-4,9H2,1H3. The number of benzene rings is 1.